The molecule has 1 aliphatic heterocycles. The summed E-state index contributed by atoms with van der Waals surface area (Å²) in [4.78, 5) is 47.0. The molecule has 3 N–H and O–H groups in total. The van der Waals surface area contributed by atoms with Crippen molar-refractivity contribution in [3.05, 3.63) is 58.6 Å². The van der Waals surface area contributed by atoms with Gasteiger partial charge >= 0.3 is 0 Å². The van der Waals surface area contributed by atoms with E-state index in [9.17, 15) is 14.4 Å². The molecule has 3 aromatic heterocycles. The largest absolute Gasteiger partial charge is 0.366 e. The molecule has 1 saturated heterocycles. The van der Waals surface area contributed by atoms with E-state index in [4.69, 9.17) is 10.5 Å². The summed E-state index contributed by atoms with van der Waals surface area (Å²) in [5.74, 6) is -1.90. The molecule has 1 radical (unpaired) electrons. The number of nitrogens with zero attached hydrogens (tertiary/aromatic N) is 3. The number of primary amides is 1. The number of rotatable bonds is 6. The van der Waals surface area contributed by atoms with Crippen molar-refractivity contribution in [2.24, 2.45) is 5.73 Å². The Morgan fingerprint density at radius 1 is 1.23 bits per heavy atom. The van der Waals surface area contributed by atoms with Gasteiger partial charge in [-0.05, 0) is 34.5 Å². The van der Waals surface area contributed by atoms with Crippen molar-refractivity contribution in [1.82, 2.24) is 14.9 Å². The fourth-order valence-electron chi connectivity index (χ4n) is 2.92. The molecule has 4 heterocycles. The van der Waals surface area contributed by atoms with Crippen molar-refractivity contribution in [3.8, 4) is 11.4 Å². The number of thiazole rings is 1. The van der Waals surface area contributed by atoms with E-state index < -0.39 is 30.0 Å². The van der Waals surface area contributed by atoms with E-state index in [1.807, 2.05) is 17.5 Å². The molecule has 11 heteroatoms. The minimum Gasteiger partial charge on any atom is -0.366 e. The molecule has 0 aliphatic carbocycles. The number of carbonyl (C=O) groups excluding carboxylic acids is 3. The average Bonchev–Trinajstić information content (AvgIpc) is 3.49. The van der Waals surface area contributed by atoms with Crippen LogP contribution in [-0.4, -0.2) is 51.5 Å². The zero-order valence-corrected chi connectivity index (χ0v) is 17.1. The van der Waals surface area contributed by atoms with E-state index in [-0.39, 0.29) is 6.61 Å². The number of nitrogens with two attached hydrogens (primary N) is 1. The lowest BCUT2D eigenvalue weighted by atomic mass is 10.2. The minimum atomic E-state index is -1.32. The third-order valence-electron chi connectivity index (χ3n) is 4.30. The Bertz CT molecular complexity index is 1050. The first-order valence-corrected chi connectivity index (χ1v) is 10.6. The van der Waals surface area contributed by atoms with Gasteiger partial charge in [-0.25, -0.2) is 4.98 Å². The van der Waals surface area contributed by atoms with Crippen molar-refractivity contribution >= 4 is 45.5 Å². The highest BCUT2D eigenvalue weighted by Crippen LogP contribution is 2.25. The zero-order chi connectivity index (χ0) is 21.1. The molecule has 0 aromatic carbocycles. The Labute approximate surface area is 179 Å². The van der Waals surface area contributed by atoms with Crippen molar-refractivity contribution in [1.29, 1.82) is 0 Å². The molecule has 0 spiro atoms. The second kappa shape index (κ2) is 8.69. The van der Waals surface area contributed by atoms with Crippen LogP contribution in [0.4, 0.5) is 5.13 Å². The van der Waals surface area contributed by atoms with Gasteiger partial charge in [0.1, 0.15) is 11.7 Å². The van der Waals surface area contributed by atoms with Crippen LogP contribution >= 0.6 is 22.7 Å². The molecule has 9 nitrogen and oxygen atoms in total. The molecule has 1 aliphatic rings. The lowest BCUT2D eigenvalue weighted by molar-refractivity contribution is -0.146. The number of pyridine rings is 1. The highest BCUT2D eigenvalue weighted by atomic mass is 32.1. The van der Waals surface area contributed by atoms with Crippen LogP contribution in [0.2, 0.25) is 0 Å². The van der Waals surface area contributed by atoms with Crippen LogP contribution in [0.5, 0.6) is 0 Å². The SMILES string of the molecule is NC(=O)[C@@H]1OC[C@H](C(=O)Nc2nc(-c3ccccn3)cs2)N1C(=O)[CH]c1ccsc1. The molecule has 153 valence electrons. The topological polar surface area (TPSA) is 128 Å². The fraction of sp³-hybridized carbons (Fsp3) is 0.158. The van der Waals surface area contributed by atoms with E-state index in [1.165, 1.54) is 29.1 Å². The lowest BCUT2D eigenvalue weighted by Crippen LogP contribution is -2.51. The molecule has 4 rings (SSSR count). The molecule has 30 heavy (non-hydrogen) atoms. The minimum absolute atomic E-state index is 0.152. The summed E-state index contributed by atoms with van der Waals surface area (Å²) in [6, 6.07) is 6.18. The molecule has 1 fully saturated rings. The Morgan fingerprint density at radius 3 is 2.80 bits per heavy atom. The number of thiophene rings is 1. The first kappa shape index (κ1) is 20.1. The maximum Gasteiger partial charge on any atom is 0.267 e. The van der Waals surface area contributed by atoms with Gasteiger partial charge in [-0.2, -0.15) is 11.3 Å². The normalized spacial score (nSPS) is 18.3. The third kappa shape index (κ3) is 4.22. The summed E-state index contributed by atoms with van der Waals surface area (Å²) in [5, 5.41) is 8.38. The molecule has 3 amide bonds. The predicted octanol–water partition coefficient (Wildman–Crippen LogP) is 1.50. The fourth-order valence-corrected chi connectivity index (χ4v) is 4.25. The molecule has 3 aromatic rings. The molecular weight excluding hydrogens is 426 g/mol. The summed E-state index contributed by atoms with van der Waals surface area (Å²) in [6.45, 7) is -0.152. The van der Waals surface area contributed by atoms with E-state index in [0.29, 0.717) is 22.1 Å². The van der Waals surface area contributed by atoms with Crippen LogP contribution in [-0.2, 0) is 19.1 Å². The number of hydrogen-bond acceptors (Lipinski definition) is 8. The van der Waals surface area contributed by atoms with E-state index in [2.05, 4.69) is 15.3 Å². The lowest BCUT2D eigenvalue weighted by Gasteiger charge is -2.25. The van der Waals surface area contributed by atoms with Crippen LogP contribution < -0.4 is 11.1 Å². The van der Waals surface area contributed by atoms with Gasteiger partial charge in [0.05, 0.1) is 18.7 Å². The van der Waals surface area contributed by atoms with Crippen molar-refractivity contribution < 1.29 is 19.1 Å². The molecule has 0 bridgehead atoms. The van der Waals surface area contributed by atoms with Crippen LogP contribution in [0.1, 0.15) is 5.56 Å². The number of aromatic nitrogens is 2. The Hall–Kier alpha value is -3.15. The van der Waals surface area contributed by atoms with Gasteiger partial charge in [0.25, 0.3) is 11.8 Å². The first-order chi connectivity index (χ1) is 14.5. The van der Waals surface area contributed by atoms with Crippen LogP contribution in [0.15, 0.2) is 46.6 Å². The van der Waals surface area contributed by atoms with E-state index >= 15 is 0 Å². The zero-order valence-electron chi connectivity index (χ0n) is 15.4. The number of amides is 3. The Kier molecular flexibility index (Phi) is 5.84. The maximum atomic E-state index is 12.8. The van der Waals surface area contributed by atoms with Gasteiger partial charge in [-0.15, -0.1) is 11.3 Å². The summed E-state index contributed by atoms with van der Waals surface area (Å²) in [5.41, 5.74) is 7.32. The van der Waals surface area contributed by atoms with Gasteiger partial charge in [-0.3, -0.25) is 24.3 Å². The van der Waals surface area contributed by atoms with Gasteiger partial charge in [-0.1, -0.05) is 6.07 Å². The third-order valence-corrected chi connectivity index (χ3v) is 5.76. The second-order valence-electron chi connectivity index (χ2n) is 6.29. The van der Waals surface area contributed by atoms with Crippen molar-refractivity contribution in [2.75, 3.05) is 11.9 Å². The first-order valence-electron chi connectivity index (χ1n) is 8.81. The van der Waals surface area contributed by atoms with Crippen molar-refractivity contribution in [2.45, 2.75) is 12.3 Å². The molecule has 0 saturated carbocycles. The summed E-state index contributed by atoms with van der Waals surface area (Å²) >= 11 is 2.65. The number of ether oxygens (including phenoxy) is 1. The Morgan fingerprint density at radius 2 is 2.10 bits per heavy atom. The van der Waals surface area contributed by atoms with Crippen LogP contribution in [0.3, 0.4) is 0 Å². The van der Waals surface area contributed by atoms with Gasteiger partial charge in [0, 0.05) is 11.6 Å². The quantitative estimate of drug-likeness (QED) is 0.595. The van der Waals surface area contributed by atoms with Crippen molar-refractivity contribution in [3.63, 3.8) is 0 Å². The van der Waals surface area contributed by atoms with E-state index in [0.717, 1.165) is 4.90 Å². The average molecular weight is 443 g/mol. The van der Waals surface area contributed by atoms with Gasteiger partial charge in [0.15, 0.2) is 5.13 Å². The highest BCUT2D eigenvalue weighted by Gasteiger charge is 2.44. The van der Waals surface area contributed by atoms with Gasteiger partial charge < -0.3 is 15.8 Å². The number of hydrogen-bond donors (Lipinski definition) is 2. The highest BCUT2D eigenvalue weighted by molar-refractivity contribution is 7.14. The molecule has 0 unspecified atom stereocenters. The number of anilines is 1. The van der Waals surface area contributed by atoms with E-state index in [1.54, 1.807) is 29.1 Å². The number of nitrogens with one attached hydrogen (secondary N) is 1. The van der Waals surface area contributed by atoms with Crippen LogP contribution in [0, 0.1) is 6.42 Å². The van der Waals surface area contributed by atoms with Crippen LogP contribution in [0.25, 0.3) is 11.4 Å². The number of carbonyl (C=O) groups is 3. The predicted molar refractivity (Wildman–Crippen MR) is 111 cm³/mol. The molecular formula is C19H16N5O4S2. The maximum absolute atomic E-state index is 12.8. The summed E-state index contributed by atoms with van der Waals surface area (Å²) < 4.78 is 5.34. The standard InChI is InChI=1S/C19H16N5O4S2/c20-16(26)18-24(15(25)7-11-4-6-29-9-11)14(8-28-18)17(27)23-19-22-13(10-30-19)12-3-1-2-5-21-12/h1-7,9-10,14,18H,8H2,(H2,20,26)(H,22,23,27)/t14-,18+/m1/s1. The summed E-state index contributed by atoms with van der Waals surface area (Å²) in [6.07, 6.45) is 1.67. The Balaban J connectivity index is 1.49. The van der Waals surface area contributed by atoms with Gasteiger partial charge in [0.2, 0.25) is 12.1 Å². The summed E-state index contributed by atoms with van der Waals surface area (Å²) in [7, 11) is 0. The monoisotopic (exact) mass is 442 g/mol. The second-order valence-corrected chi connectivity index (χ2v) is 7.93. The smallest absolute Gasteiger partial charge is 0.267 e. The molecule has 2 atom stereocenters.